The van der Waals surface area contributed by atoms with Gasteiger partial charge >= 0.3 is 0 Å². The molecule has 0 rings (SSSR count). The molecule has 0 saturated carbocycles. The first-order valence-corrected chi connectivity index (χ1v) is 5.80. The summed E-state index contributed by atoms with van der Waals surface area (Å²) in [6.07, 6.45) is 5.60. The Morgan fingerprint density at radius 3 is 2.00 bits per heavy atom. The minimum absolute atomic E-state index is 0.117. The van der Waals surface area contributed by atoms with E-state index in [0.29, 0.717) is 6.54 Å². The maximum absolute atomic E-state index is 10.3. The molecule has 14 heavy (non-hydrogen) atoms. The van der Waals surface area contributed by atoms with Crippen LogP contribution in [0.5, 0.6) is 0 Å². The van der Waals surface area contributed by atoms with Crippen molar-refractivity contribution in [3.8, 4) is 0 Å². The van der Waals surface area contributed by atoms with Crippen LogP contribution in [0.1, 0.15) is 59.8 Å². The number of aliphatic hydroxyl groups is 1. The van der Waals surface area contributed by atoms with Crippen molar-refractivity contribution < 1.29 is 5.11 Å². The molecule has 0 spiro atoms. The molecule has 0 amide bonds. The first-order valence-electron chi connectivity index (χ1n) is 5.80. The maximum atomic E-state index is 10.3. The van der Waals surface area contributed by atoms with Gasteiger partial charge in [-0.3, -0.25) is 0 Å². The third-order valence-corrected chi connectivity index (χ3v) is 3.18. The molecule has 0 aromatic rings. The summed E-state index contributed by atoms with van der Waals surface area (Å²) in [7, 11) is 0. The first kappa shape index (κ1) is 13.9. The zero-order valence-electron chi connectivity index (χ0n) is 10.3. The Bertz CT molecular complexity index is 151. The van der Waals surface area contributed by atoms with E-state index < -0.39 is 5.60 Å². The number of hydrogen-bond donors (Lipinski definition) is 2. The van der Waals surface area contributed by atoms with Crippen molar-refractivity contribution >= 4 is 0 Å². The Balaban J connectivity index is 4.01. The van der Waals surface area contributed by atoms with Gasteiger partial charge in [0.1, 0.15) is 0 Å². The SMILES string of the molecule is CCCCCCC(O)(CN)C(C)(C)C. The van der Waals surface area contributed by atoms with Crippen LogP contribution in [0.15, 0.2) is 0 Å². The molecule has 1 atom stereocenters. The number of unbranched alkanes of at least 4 members (excludes halogenated alkanes) is 3. The predicted octanol–water partition coefficient (Wildman–Crippen LogP) is 2.69. The third kappa shape index (κ3) is 3.97. The molecule has 86 valence electrons. The van der Waals surface area contributed by atoms with Crippen LogP contribution < -0.4 is 5.73 Å². The fourth-order valence-corrected chi connectivity index (χ4v) is 1.63. The van der Waals surface area contributed by atoms with Gasteiger partial charge < -0.3 is 10.8 Å². The summed E-state index contributed by atoms with van der Waals surface area (Å²) in [4.78, 5) is 0. The van der Waals surface area contributed by atoms with E-state index >= 15 is 0 Å². The fourth-order valence-electron chi connectivity index (χ4n) is 1.63. The van der Waals surface area contributed by atoms with Gasteiger partial charge in [-0.2, -0.15) is 0 Å². The van der Waals surface area contributed by atoms with E-state index in [0.717, 1.165) is 12.8 Å². The molecular weight excluding hydrogens is 174 g/mol. The highest BCUT2D eigenvalue weighted by Crippen LogP contribution is 2.33. The predicted molar refractivity (Wildman–Crippen MR) is 62.2 cm³/mol. The second kappa shape index (κ2) is 5.72. The lowest BCUT2D eigenvalue weighted by atomic mass is 9.73. The molecule has 0 radical (unpaired) electrons. The minimum Gasteiger partial charge on any atom is -0.388 e. The van der Waals surface area contributed by atoms with Crippen molar-refractivity contribution in [2.45, 2.75) is 65.4 Å². The Morgan fingerprint density at radius 2 is 1.64 bits per heavy atom. The molecular formula is C12H27NO. The van der Waals surface area contributed by atoms with Gasteiger partial charge in [0.05, 0.1) is 5.60 Å². The van der Waals surface area contributed by atoms with Crippen LogP contribution in [0.2, 0.25) is 0 Å². The van der Waals surface area contributed by atoms with Crippen LogP contribution in [0.4, 0.5) is 0 Å². The van der Waals surface area contributed by atoms with Crippen molar-refractivity contribution in [1.82, 2.24) is 0 Å². The summed E-state index contributed by atoms with van der Waals surface area (Å²) in [6.45, 7) is 8.72. The van der Waals surface area contributed by atoms with Crippen LogP contribution in [0.3, 0.4) is 0 Å². The van der Waals surface area contributed by atoms with E-state index in [1.54, 1.807) is 0 Å². The number of hydrogen-bond acceptors (Lipinski definition) is 2. The summed E-state index contributed by atoms with van der Waals surface area (Å²) in [5, 5.41) is 10.3. The van der Waals surface area contributed by atoms with Crippen LogP contribution >= 0.6 is 0 Å². The van der Waals surface area contributed by atoms with Crippen LogP contribution in [0.25, 0.3) is 0 Å². The average molecular weight is 201 g/mol. The Morgan fingerprint density at radius 1 is 1.07 bits per heavy atom. The second-order valence-corrected chi connectivity index (χ2v) is 5.30. The lowest BCUT2D eigenvalue weighted by molar-refractivity contribution is -0.0579. The summed E-state index contributed by atoms with van der Waals surface area (Å²) in [5.74, 6) is 0. The van der Waals surface area contributed by atoms with E-state index in [4.69, 9.17) is 5.73 Å². The topological polar surface area (TPSA) is 46.2 Å². The maximum Gasteiger partial charge on any atom is 0.0817 e. The Hall–Kier alpha value is -0.0800. The minimum atomic E-state index is -0.694. The fraction of sp³-hybridized carbons (Fsp3) is 1.00. The summed E-state index contributed by atoms with van der Waals surface area (Å²) in [5.41, 5.74) is 4.85. The first-order chi connectivity index (χ1) is 6.37. The zero-order valence-corrected chi connectivity index (χ0v) is 10.3. The van der Waals surface area contributed by atoms with Crippen molar-refractivity contribution in [2.75, 3.05) is 6.54 Å². The van der Waals surface area contributed by atoms with Crippen LogP contribution in [-0.2, 0) is 0 Å². The molecule has 2 heteroatoms. The van der Waals surface area contributed by atoms with E-state index in [2.05, 4.69) is 27.7 Å². The monoisotopic (exact) mass is 201 g/mol. The van der Waals surface area contributed by atoms with Gasteiger partial charge in [0, 0.05) is 6.54 Å². The molecule has 0 aliphatic heterocycles. The highest BCUT2D eigenvalue weighted by atomic mass is 16.3. The van der Waals surface area contributed by atoms with E-state index in [1.165, 1.54) is 19.3 Å². The molecule has 3 N–H and O–H groups in total. The van der Waals surface area contributed by atoms with E-state index in [1.807, 2.05) is 0 Å². The average Bonchev–Trinajstić information content (AvgIpc) is 2.10. The highest BCUT2D eigenvalue weighted by Gasteiger charge is 2.37. The lowest BCUT2D eigenvalue weighted by Crippen LogP contribution is -2.49. The molecule has 0 bridgehead atoms. The molecule has 1 unspecified atom stereocenters. The molecule has 0 heterocycles. The molecule has 0 fully saturated rings. The molecule has 0 aliphatic rings. The summed E-state index contributed by atoms with van der Waals surface area (Å²) >= 11 is 0. The van der Waals surface area contributed by atoms with Gasteiger partial charge in [-0.1, -0.05) is 53.4 Å². The van der Waals surface area contributed by atoms with E-state index in [-0.39, 0.29) is 5.41 Å². The van der Waals surface area contributed by atoms with Gasteiger partial charge in [0.15, 0.2) is 0 Å². The van der Waals surface area contributed by atoms with Gasteiger partial charge in [-0.15, -0.1) is 0 Å². The number of nitrogens with two attached hydrogens (primary N) is 1. The quantitative estimate of drug-likeness (QED) is 0.649. The van der Waals surface area contributed by atoms with Crippen molar-refractivity contribution in [2.24, 2.45) is 11.1 Å². The molecule has 0 aromatic carbocycles. The second-order valence-electron chi connectivity index (χ2n) is 5.30. The molecule has 0 saturated heterocycles. The van der Waals surface area contributed by atoms with Crippen molar-refractivity contribution in [3.05, 3.63) is 0 Å². The third-order valence-electron chi connectivity index (χ3n) is 3.18. The van der Waals surface area contributed by atoms with Crippen molar-refractivity contribution in [3.63, 3.8) is 0 Å². The normalized spacial score (nSPS) is 16.7. The molecule has 0 aliphatic carbocycles. The Kier molecular flexibility index (Phi) is 5.68. The lowest BCUT2D eigenvalue weighted by Gasteiger charge is -2.39. The van der Waals surface area contributed by atoms with Crippen LogP contribution in [0, 0.1) is 5.41 Å². The van der Waals surface area contributed by atoms with Gasteiger partial charge in [0.25, 0.3) is 0 Å². The summed E-state index contributed by atoms with van der Waals surface area (Å²) in [6, 6.07) is 0. The largest absolute Gasteiger partial charge is 0.388 e. The highest BCUT2D eigenvalue weighted by molar-refractivity contribution is 4.91. The van der Waals surface area contributed by atoms with Gasteiger partial charge in [0.2, 0.25) is 0 Å². The van der Waals surface area contributed by atoms with Gasteiger partial charge in [-0.05, 0) is 11.8 Å². The molecule has 2 nitrogen and oxygen atoms in total. The van der Waals surface area contributed by atoms with Crippen LogP contribution in [-0.4, -0.2) is 17.3 Å². The summed E-state index contributed by atoms with van der Waals surface area (Å²) < 4.78 is 0. The van der Waals surface area contributed by atoms with E-state index in [9.17, 15) is 5.11 Å². The van der Waals surface area contributed by atoms with Crippen molar-refractivity contribution in [1.29, 1.82) is 0 Å². The Labute approximate surface area is 88.9 Å². The standard InChI is InChI=1S/C12H27NO/c1-5-6-7-8-9-12(14,10-13)11(2,3)4/h14H,5-10,13H2,1-4H3. The zero-order chi connectivity index (χ0) is 11.2. The number of rotatable bonds is 6. The smallest absolute Gasteiger partial charge is 0.0817 e. The van der Waals surface area contributed by atoms with Gasteiger partial charge in [-0.25, -0.2) is 0 Å². The molecule has 0 aromatic heterocycles.